The number of hydrogen-bond acceptors (Lipinski definition) is 0. The van der Waals surface area contributed by atoms with Gasteiger partial charge in [-0.05, 0) is 0 Å². The summed E-state index contributed by atoms with van der Waals surface area (Å²) in [6.07, 6.45) is 0. The van der Waals surface area contributed by atoms with E-state index >= 15 is 0 Å². The predicted molar refractivity (Wildman–Crippen MR) is 24.2 cm³/mol. The molecular formula is H5CuGaSe2. The summed E-state index contributed by atoms with van der Waals surface area (Å²) in [7, 11) is 0. The topological polar surface area (TPSA) is 0 Å². The van der Waals surface area contributed by atoms with E-state index in [9.17, 15) is 0 Å². The van der Waals surface area contributed by atoms with E-state index in [-0.39, 0.29) is 36.9 Å². The van der Waals surface area contributed by atoms with Crippen LogP contribution in [0.4, 0.5) is 0 Å². The molecule has 31 valence electrons. The maximum absolute atomic E-state index is 2.25. The molecule has 0 aromatic heterocycles. The van der Waals surface area contributed by atoms with Crippen molar-refractivity contribution in [1.29, 1.82) is 0 Å². The zero-order chi connectivity index (χ0) is 2.00. The third kappa shape index (κ3) is 8.89. The fourth-order valence-corrected chi connectivity index (χ4v) is 0. The van der Waals surface area contributed by atoms with Crippen LogP contribution in [0, 0.1) is 0 Å². The van der Waals surface area contributed by atoms with Gasteiger partial charge in [0.15, 0.2) is 0 Å². The molecule has 0 aliphatic heterocycles. The molecule has 0 spiro atoms. The Labute approximate surface area is 64.6 Å². The van der Waals surface area contributed by atoms with Gasteiger partial charge in [0.25, 0.3) is 0 Å². The SMILES string of the molecule is [Cu].[GaH3].[SeH][SeH]. The summed E-state index contributed by atoms with van der Waals surface area (Å²) in [4.78, 5) is 0. The van der Waals surface area contributed by atoms with Crippen molar-refractivity contribution in [1.82, 2.24) is 0 Å². The first kappa shape index (κ1) is 16.4. The van der Waals surface area contributed by atoms with Crippen molar-refractivity contribution in [3.05, 3.63) is 0 Å². The maximum atomic E-state index is 2.25. The zero-order valence-electron chi connectivity index (χ0n) is 1.20. The van der Waals surface area contributed by atoms with Gasteiger partial charge in [0.1, 0.15) is 0 Å². The molecule has 4 heteroatoms. The summed E-state index contributed by atoms with van der Waals surface area (Å²) in [5.74, 6) is 0. The average Bonchev–Trinajstić information content (AvgIpc) is 1.00. The Kier molecular flexibility index (Phi) is 77.7. The van der Waals surface area contributed by atoms with Crippen LogP contribution in [0.3, 0.4) is 0 Å². The van der Waals surface area contributed by atoms with Crippen LogP contribution in [-0.2, 0) is 17.1 Å². The van der Waals surface area contributed by atoms with E-state index in [1.54, 1.807) is 0 Å². The molecule has 0 rings (SSSR count). The summed E-state index contributed by atoms with van der Waals surface area (Å²) in [6, 6.07) is 0. The first-order chi connectivity index (χ1) is 1.00. The molecule has 4 heavy (non-hydrogen) atoms. The van der Waals surface area contributed by atoms with Gasteiger partial charge in [-0.25, -0.2) is 0 Å². The molecule has 0 amide bonds. The molecular weight excluding hydrogens is 291 g/mol. The molecule has 0 N–H and O–H groups in total. The Morgan fingerprint density at radius 1 is 1.00 bits per heavy atom. The molecule has 0 aliphatic carbocycles. The molecule has 0 saturated heterocycles. The molecule has 0 bridgehead atoms. The Bertz CT molecular complexity index is 6.00. The fraction of sp³-hybridized carbons (Fsp3) is 0. The van der Waals surface area contributed by atoms with Gasteiger partial charge in [-0.1, -0.05) is 0 Å². The predicted octanol–water partition coefficient (Wildman–Crippen LogP) is -2.48. The van der Waals surface area contributed by atoms with Crippen LogP contribution in [-0.4, -0.2) is 48.2 Å². The van der Waals surface area contributed by atoms with E-state index in [4.69, 9.17) is 0 Å². The molecule has 0 saturated carbocycles. The molecule has 0 fully saturated rings. The van der Waals surface area contributed by atoms with Gasteiger partial charge >= 0.3 is 48.2 Å². The van der Waals surface area contributed by atoms with Crippen molar-refractivity contribution in [2.75, 3.05) is 0 Å². The van der Waals surface area contributed by atoms with E-state index in [2.05, 4.69) is 28.4 Å². The molecule has 0 nitrogen and oxygen atoms in total. The minimum absolute atomic E-state index is 0. The molecule has 0 aliphatic rings. The van der Waals surface area contributed by atoms with E-state index in [1.165, 1.54) is 0 Å². The summed E-state index contributed by atoms with van der Waals surface area (Å²) in [6.45, 7) is 0. The van der Waals surface area contributed by atoms with E-state index in [0.717, 1.165) is 0 Å². The van der Waals surface area contributed by atoms with Gasteiger partial charge in [0, 0.05) is 17.1 Å². The van der Waals surface area contributed by atoms with Crippen LogP contribution in [0.25, 0.3) is 0 Å². The Morgan fingerprint density at radius 2 is 1.00 bits per heavy atom. The third-order valence-electron chi connectivity index (χ3n) is 0. The standard InChI is InChI=1S/Cu.Ga.H2Se2.3H/c;;1-2;;;/h;;1-2H;;;. The van der Waals surface area contributed by atoms with Crippen molar-refractivity contribution in [2.24, 2.45) is 0 Å². The fourth-order valence-electron chi connectivity index (χ4n) is 0. The minimum atomic E-state index is 0. The van der Waals surface area contributed by atoms with Gasteiger partial charge in [-0.15, -0.1) is 0 Å². The van der Waals surface area contributed by atoms with Crippen molar-refractivity contribution in [2.45, 2.75) is 0 Å². The van der Waals surface area contributed by atoms with Crippen molar-refractivity contribution >= 4 is 48.2 Å². The Hall–Kier alpha value is 2.19. The van der Waals surface area contributed by atoms with Crippen LogP contribution in [0.15, 0.2) is 0 Å². The normalized spacial score (nSPS) is 1.50. The van der Waals surface area contributed by atoms with Crippen molar-refractivity contribution < 1.29 is 17.1 Å². The van der Waals surface area contributed by atoms with Crippen LogP contribution in [0.2, 0.25) is 0 Å². The first-order valence-corrected chi connectivity index (χ1v) is 5.40. The van der Waals surface area contributed by atoms with Gasteiger partial charge in [0.2, 0.25) is 0 Å². The summed E-state index contributed by atoms with van der Waals surface area (Å²) < 4.78 is 0. The van der Waals surface area contributed by atoms with Crippen LogP contribution in [0.1, 0.15) is 0 Å². The molecule has 1 radical (unpaired) electrons. The average molecular weight is 296 g/mol. The Morgan fingerprint density at radius 3 is 1.00 bits per heavy atom. The summed E-state index contributed by atoms with van der Waals surface area (Å²) in [5.41, 5.74) is 0. The van der Waals surface area contributed by atoms with Gasteiger partial charge in [-0.3, -0.25) is 0 Å². The summed E-state index contributed by atoms with van der Waals surface area (Å²) in [5, 5.41) is 0. The monoisotopic (exact) mass is 297 g/mol. The van der Waals surface area contributed by atoms with E-state index < -0.39 is 0 Å². The molecule has 0 atom stereocenters. The van der Waals surface area contributed by atoms with Crippen LogP contribution < -0.4 is 0 Å². The number of rotatable bonds is 0. The second kappa shape index (κ2) is 19.0. The Balaban J connectivity index is -0.00000000500. The molecule has 0 aromatic carbocycles. The van der Waals surface area contributed by atoms with E-state index in [0.29, 0.717) is 0 Å². The zero-order valence-corrected chi connectivity index (χ0v) is 5.89. The van der Waals surface area contributed by atoms with Gasteiger partial charge in [0.05, 0.1) is 0 Å². The van der Waals surface area contributed by atoms with Gasteiger partial charge < -0.3 is 0 Å². The third-order valence-corrected chi connectivity index (χ3v) is 0. The number of hydrogen-bond donors (Lipinski definition) is 0. The quantitative estimate of drug-likeness (QED) is 0.434. The van der Waals surface area contributed by atoms with Crippen molar-refractivity contribution in [3.63, 3.8) is 0 Å². The van der Waals surface area contributed by atoms with Crippen molar-refractivity contribution in [3.8, 4) is 0 Å². The molecule has 0 unspecified atom stereocenters. The second-order valence-electron chi connectivity index (χ2n) is 0. The van der Waals surface area contributed by atoms with Crippen LogP contribution in [0.5, 0.6) is 0 Å². The molecule has 0 aromatic rings. The first-order valence-electron chi connectivity index (χ1n) is 0.200. The molecule has 0 heterocycles. The van der Waals surface area contributed by atoms with E-state index in [1.807, 2.05) is 0 Å². The second-order valence-corrected chi connectivity index (χ2v) is 0. The van der Waals surface area contributed by atoms with Gasteiger partial charge in [-0.2, -0.15) is 0 Å². The van der Waals surface area contributed by atoms with Crippen LogP contribution >= 0.6 is 0 Å². The summed E-state index contributed by atoms with van der Waals surface area (Å²) >= 11 is 4.50.